The van der Waals surface area contributed by atoms with Gasteiger partial charge in [0.05, 0.1) is 0 Å². The van der Waals surface area contributed by atoms with Crippen molar-refractivity contribution in [1.82, 2.24) is 0 Å². The molecular weight excluding hydrogens is 230 g/mol. The van der Waals surface area contributed by atoms with E-state index in [0.717, 1.165) is 37.2 Å². The Balaban J connectivity index is 2.08. The lowest BCUT2D eigenvalue weighted by Crippen LogP contribution is -2.20. The summed E-state index contributed by atoms with van der Waals surface area (Å²) in [5.41, 5.74) is 1.97. The molecule has 4 heteroatoms. The number of phenols is 1. The Bertz CT molecular complexity index is 395. The zero-order valence-electron chi connectivity index (χ0n) is 10.5. The lowest BCUT2D eigenvalue weighted by Gasteiger charge is -2.20. The minimum Gasteiger partial charge on any atom is -0.508 e. The van der Waals surface area contributed by atoms with Gasteiger partial charge in [0.2, 0.25) is 0 Å². The predicted octanol–water partition coefficient (Wildman–Crippen LogP) is 1.14. The van der Waals surface area contributed by atoms with Gasteiger partial charge in [-0.25, -0.2) is 0 Å². The quantitative estimate of drug-likeness (QED) is 0.734. The molecule has 100 valence electrons. The number of benzene rings is 1. The lowest BCUT2D eigenvalue weighted by atomic mass is 10.1. The molecule has 0 aromatic heterocycles. The SMILES string of the molecule is OCCc1cc(O)cc(N2CCC(CCO)C2)c1. The van der Waals surface area contributed by atoms with Gasteiger partial charge in [-0.15, -0.1) is 0 Å². The van der Waals surface area contributed by atoms with Crippen LogP contribution in [0.3, 0.4) is 0 Å². The van der Waals surface area contributed by atoms with E-state index in [-0.39, 0.29) is 19.0 Å². The molecule has 0 bridgehead atoms. The third-order valence-corrected chi connectivity index (χ3v) is 3.55. The number of nitrogens with zero attached hydrogens (tertiary/aromatic N) is 1. The largest absolute Gasteiger partial charge is 0.508 e. The highest BCUT2D eigenvalue weighted by Crippen LogP contribution is 2.29. The fourth-order valence-electron chi connectivity index (χ4n) is 2.60. The molecule has 1 saturated heterocycles. The van der Waals surface area contributed by atoms with E-state index in [1.54, 1.807) is 12.1 Å². The Morgan fingerprint density at radius 2 is 2.00 bits per heavy atom. The van der Waals surface area contributed by atoms with Gasteiger partial charge in [0.1, 0.15) is 5.75 Å². The minimum absolute atomic E-state index is 0.0933. The highest BCUT2D eigenvalue weighted by atomic mass is 16.3. The molecule has 1 aliphatic heterocycles. The number of hydrogen-bond donors (Lipinski definition) is 3. The van der Waals surface area contributed by atoms with Crippen molar-refractivity contribution in [1.29, 1.82) is 0 Å². The normalized spacial score (nSPS) is 19.4. The molecular formula is C14H21NO3. The molecule has 0 radical (unpaired) electrons. The summed E-state index contributed by atoms with van der Waals surface area (Å²) in [5, 5.41) is 27.6. The van der Waals surface area contributed by atoms with Crippen LogP contribution in [0, 0.1) is 5.92 Å². The third-order valence-electron chi connectivity index (χ3n) is 3.55. The number of aromatic hydroxyl groups is 1. The van der Waals surface area contributed by atoms with E-state index < -0.39 is 0 Å². The molecule has 1 atom stereocenters. The Morgan fingerprint density at radius 1 is 1.17 bits per heavy atom. The monoisotopic (exact) mass is 251 g/mol. The van der Waals surface area contributed by atoms with Gasteiger partial charge in [-0.2, -0.15) is 0 Å². The van der Waals surface area contributed by atoms with Gasteiger partial charge >= 0.3 is 0 Å². The number of aliphatic hydroxyl groups excluding tert-OH is 2. The number of anilines is 1. The van der Waals surface area contributed by atoms with Gasteiger partial charge in [-0.1, -0.05) is 0 Å². The van der Waals surface area contributed by atoms with Crippen LogP contribution in [0.15, 0.2) is 18.2 Å². The first-order valence-corrected chi connectivity index (χ1v) is 6.52. The summed E-state index contributed by atoms with van der Waals surface area (Å²) in [4.78, 5) is 2.24. The van der Waals surface area contributed by atoms with Gasteiger partial charge in [0.15, 0.2) is 0 Å². The second-order valence-electron chi connectivity index (χ2n) is 4.94. The van der Waals surface area contributed by atoms with Gasteiger partial charge in [0, 0.05) is 38.1 Å². The summed E-state index contributed by atoms with van der Waals surface area (Å²) in [6.45, 7) is 2.24. The van der Waals surface area contributed by atoms with E-state index in [1.807, 2.05) is 6.07 Å². The smallest absolute Gasteiger partial charge is 0.117 e. The first-order valence-electron chi connectivity index (χ1n) is 6.52. The molecule has 3 N–H and O–H groups in total. The molecule has 18 heavy (non-hydrogen) atoms. The molecule has 1 heterocycles. The standard InChI is InChI=1S/C14H21NO3/c16-5-2-11-1-4-15(10-11)13-7-12(3-6-17)8-14(18)9-13/h7-9,11,16-18H,1-6,10H2. The van der Waals surface area contributed by atoms with E-state index in [0.29, 0.717) is 12.3 Å². The Kier molecular flexibility index (Phi) is 4.44. The first kappa shape index (κ1) is 13.2. The van der Waals surface area contributed by atoms with Crippen LogP contribution < -0.4 is 4.90 Å². The summed E-state index contributed by atoms with van der Waals surface area (Å²) in [5.74, 6) is 0.792. The van der Waals surface area contributed by atoms with E-state index in [2.05, 4.69) is 4.90 Å². The number of phenolic OH excluding ortho intramolecular Hbond substituents is 1. The lowest BCUT2D eigenvalue weighted by molar-refractivity contribution is 0.263. The molecule has 1 fully saturated rings. The second kappa shape index (κ2) is 6.07. The van der Waals surface area contributed by atoms with Gasteiger partial charge in [-0.3, -0.25) is 0 Å². The maximum atomic E-state index is 9.70. The fourth-order valence-corrected chi connectivity index (χ4v) is 2.60. The molecule has 0 aliphatic carbocycles. The van der Waals surface area contributed by atoms with Crippen molar-refractivity contribution in [2.45, 2.75) is 19.3 Å². The first-order chi connectivity index (χ1) is 8.72. The second-order valence-corrected chi connectivity index (χ2v) is 4.94. The van der Waals surface area contributed by atoms with Crippen LogP contribution in [0.4, 0.5) is 5.69 Å². The molecule has 1 aromatic carbocycles. The number of aliphatic hydroxyl groups is 2. The Hall–Kier alpha value is -1.26. The zero-order valence-corrected chi connectivity index (χ0v) is 10.5. The van der Waals surface area contributed by atoms with Crippen molar-refractivity contribution in [2.24, 2.45) is 5.92 Å². The van der Waals surface area contributed by atoms with Crippen LogP contribution in [-0.4, -0.2) is 41.6 Å². The molecule has 0 spiro atoms. The van der Waals surface area contributed by atoms with E-state index in [9.17, 15) is 5.11 Å². The van der Waals surface area contributed by atoms with E-state index in [4.69, 9.17) is 10.2 Å². The average Bonchev–Trinajstić information content (AvgIpc) is 2.78. The van der Waals surface area contributed by atoms with Crippen molar-refractivity contribution in [3.63, 3.8) is 0 Å². The summed E-state index contributed by atoms with van der Waals surface area (Å²) < 4.78 is 0. The van der Waals surface area contributed by atoms with Gasteiger partial charge in [0.25, 0.3) is 0 Å². The molecule has 0 amide bonds. The molecule has 1 aromatic rings. The summed E-state index contributed by atoms with van der Waals surface area (Å²) in [7, 11) is 0. The number of hydrogen-bond acceptors (Lipinski definition) is 4. The van der Waals surface area contributed by atoms with Crippen molar-refractivity contribution in [2.75, 3.05) is 31.2 Å². The van der Waals surface area contributed by atoms with Crippen LogP contribution in [0.2, 0.25) is 0 Å². The summed E-state index contributed by atoms with van der Waals surface area (Å²) >= 11 is 0. The average molecular weight is 251 g/mol. The van der Waals surface area contributed by atoms with Gasteiger partial charge in [-0.05, 0) is 42.9 Å². The number of rotatable bonds is 5. The van der Waals surface area contributed by atoms with Crippen molar-refractivity contribution >= 4 is 5.69 Å². The summed E-state index contributed by atoms with van der Waals surface area (Å²) in [6, 6.07) is 5.49. The predicted molar refractivity (Wildman–Crippen MR) is 70.9 cm³/mol. The highest BCUT2D eigenvalue weighted by molar-refractivity contribution is 5.53. The van der Waals surface area contributed by atoms with Crippen LogP contribution in [-0.2, 0) is 6.42 Å². The van der Waals surface area contributed by atoms with E-state index in [1.165, 1.54) is 0 Å². The van der Waals surface area contributed by atoms with Crippen LogP contribution in [0.1, 0.15) is 18.4 Å². The van der Waals surface area contributed by atoms with Crippen LogP contribution >= 0.6 is 0 Å². The summed E-state index contributed by atoms with van der Waals surface area (Å²) in [6.07, 6.45) is 2.50. The molecule has 1 aliphatic rings. The molecule has 1 unspecified atom stereocenters. The van der Waals surface area contributed by atoms with Crippen molar-refractivity contribution < 1.29 is 15.3 Å². The van der Waals surface area contributed by atoms with Gasteiger partial charge < -0.3 is 20.2 Å². The Labute approximate surface area is 107 Å². The maximum absolute atomic E-state index is 9.70. The Morgan fingerprint density at radius 3 is 2.72 bits per heavy atom. The molecule has 2 rings (SSSR count). The van der Waals surface area contributed by atoms with E-state index >= 15 is 0 Å². The van der Waals surface area contributed by atoms with Crippen LogP contribution in [0.25, 0.3) is 0 Å². The highest BCUT2D eigenvalue weighted by Gasteiger charge is 2.22. The topological polar surface area (TPSA) is 63.9 Å². The maximum Gasteiger partial charge on any atom is 0.117 e. The zero-order chi connectivity index (χ0) is 13.0. The molecule has 4 nitrogen and oxygen atoms in total. The third kappa shape index (κ3) is 3.15. The fraction of sp³-hybridized carbons (Fsp3) is 0.571. The van der Waals surface area contributed by atoms with Crippen molar-refractivity contribution in [3.05, 3.63) is 23.8 Å². The van der Waals surface area contributed by atoms with Crippen LogP contribution in [0.5, 0.6) is 5.75 Å². The minimum atomic E-state index is 0.0933. The van der Waals surface area contributed by atoms with Crippen molar-refractivity contribution in [3.8, 4) is 5.75 Å². The molecule has 0 saturated carbocycles.